The van der Waals surface area contributed by atoms with Gasteiger partial charge < -0.3 is 24.4 Å². The Morgan fingerprint density at radius 1 is 1.17 bits per heavy atom. The van der Waals surface area contributed by atoms with Crippen LogP contribution in [0.25, 0.3) is 5.76 Å². The van der Waals surface area contributed by atoms with Crippen molar-refractivity contribution >= 4 is 40.7 Å². The van der Waals surface area contributed by atoms with E-state index in [4.69, 9.17) is 32.7 Å². The second-order valence-corrected chi connectivity index (χ2v) is 9.63. The lowest BCUT2D eigenvalue weighted by molar-refractivity contribution is -0.908. The number of amides is 1. The van der Waals surface area contributed by atoms with Gasteiger partial charge in [-0.25, -0.2) is 0 Å². The molecule has 2 aromatic rings. The lowest BCUT2D eigenvalue weighted by atomic mass is 9.93. The van der Waals surface area contributed by atoms with E-state index in [1.54, 1.807) is 50.4 Å². The maximum atomic E-state index is 13.7. The van der Waals surface area contributed by atoms with Crippen molar-refractivity contribution < 1.29 is 29.1 Å². The van der Waals surface area contributed by atoms with Gasteiger partial charge in [-0.2, -0.15) is 0 Å². The Morgan fingerprint density at radius 2 is 1.91 bits per heavy atom. The molecule has 2 fully saturated rings. The Hall–Kier alpha value is -2.58. The molecule has 0 aromatic heterocycles. The van der Waals surface area contributed by atoms with Gasteiger partial charge in [0.25, 0.3) is 5.91 Å². The summed E-state index contributed by atoms with van der Waals surface area (Å²) in [6, 6.07) is 9.00. The first kappa shape index (κ1) is 25.5. The molecule has 4 rings (SSSR count). The number of carbonyl (C=O) groups is 2. The summed E-state index contributed by atoms with van der Waals surface area (Å²) in [5.41, 5.74) is 1.41. The number of benzene rings is 2. The van der Waals surface area contributed by atoms with E-state index in [1.807, 2.05) is 0 Å². The first-order valence-electron chi connectivity index (χ1n) is 11.6. The highest BCUT2D eigenvalue weighted by molar-refractivity contribution is 6.47. The zero-order valence-electron chi connectivity index (χ0n) is 19.7. The van der Waals surface area contributed by atoms with E-state index in [1.165, 1.54) is 9.80 Å². The molecule has 2 heterocycles. The molecule has 0 saturated carbocycles. The fourth-order valence-electron chi connectivity index (χ4n) is 4.72. The average molecular weight is 519 g/mol. The summed E-state index contributed by atoms with van der Waals surface area (Å²) in [4.78, 5) is 29.3. The molecule has 0 radical (unpaired) electrons. The van der Waals surface area contributed by atoms with Crippen LogP contribution in [0.1, 0.15) is 29.2 Å². The Kier molecular flexibility index (Phi) is 8.02. The van der Waals surface area contributed by atoms with Crippen molar-refractivity contribution in [3.63, 3.8) is 0 Å². The van der Waals surface area contributed by atoms with Gasteiger partial charge in [-0.1, -0.05) is 41.1 Å². The van der Waals surface area contributed by atoms with Crippen LogP contribution < -0.4 is 14.7 Å². The highest BCUT2D eigenvalue weighted by Gasteiger charge is 2.44. The summed E-state index contributed by atoms with van der Waals surface area (Å²) < 4.78 is 10.6. The van der Waals surface area contributed by atoms with Crippen molar-refractivity contribution in [1.82, 2.24) is 4.90 Å². The molecule has 2 aromatic carbocycles. The number of ketones is 1. The molecular formula is C26H28Cl2N2O5. The van der Waals surface area contributed by atoms with Gasteiger partial charge in [0.2, 0.25) is 5.78 Å². The number of hydrogen-bond donors (Lipinski definition) is 1. The third kappa shape index (κ3) is 5.33. The van der Waals surface area contributed by atoms with Crippen LogP contribution in [0.15, 0.2) is 42.0 Å². The lowest BCUT2D eigenvalue weighted by Gasteiger charge is -2.29. The minimum atomic E-state index is -0.881. The number of carbonyl (C=O) groups excluding carboxylic acids is 2. The topological polar surface area (TPSA) is 83.3 Å². The predicted octanol–water partition coefficient (Wildman–Crippen LogP) is 1.84. The SMILES string of the molecule is COc1ccc(/C([O-])=C2\C(=O)C(=O)N(CCC[NH+]3CCOCC3)C2c2ccc(Cl)cc2Cl)c(C)c1. The predicted molar refractivity (Wildman–Crippen MR) is 132 cm³/mol. The van der Waals surface area contributed by atoms with E-state index in [2.05, 4.69) is 0 Å². The first-order chi connectivity index (χ1) is 16.8. The number of hydrogen-bond acceptors (Lipinski definition) is 5. The molecule has 35 heavy (non-hydrogen) atoms. The number of halogens is 2. The molecule has 0 bridgehead atoms. The van der Waals surface area contributed by atoms with Crippen molar-refractivity contribution in [3.8, 4) is 5.75 Å². The van der Waals surface area contributed by atoms with E-state index in [0.29, 0.717) is 58.7 Å². The number of nitrogens with zero attached hydrogens (tertiary/aromatic N) is 1. The molecule has 1 amide bonds. The van der Waals surface area contributed by atoms with Crippen molar-refractivity contribution in [3.05, 3.63) is 68.7 Å². The summed E-state index contributed by atoms with van der Waals surface area (Å²) in [5, 5.41) is 14.4. The van der Waals surface area contributed by atoms with E-state index in [0.717, 1.165) is 19.6 Å². The van der Waals surface area contributed by atoms with Crippen LogP contribution in [0.2, 0.25) is 10.0 Å². The van der Waals surface area contributed by atoms with Crippen LogP contribution in [0.3, 0.4) is 0 Å². The third-order valence-electron chi connectivity index (χ3n) is 6.59. The molecule has 7 nitrogen and oxygen atoms in total. The lowest BCUT2D eigenvalue weighted by Crippen LogP contribution is -3.14. The molecule has 1 N–H and O–H groups in total. The Bertz CT molecular complexity index is 1160. The van der Waals surface area contributed by atoms with Crippen molar-refractivity contribution in [2.24, 2.45) is 0 Å². The molecule has 1 atom stereocenters. The van der Waals surface area contributed by atoms with Crippen LogP contribution in [0, 0.1) is 6.92 Å². The van der Waals surface area contributed by atoms with Crippen LogP contribution in [-0.2, 0) is 14.3 Å². The minimum absolute atomic E-state index is 0.0915. The Labute approximate surface area is 214 Å². The van der Waals surface area contributed by atoms with E-state index in [-0.39, 0.29) is 5.57 Å². The van der Waals surface area contributed by atoms with E-state index < -0.39 is 23.5 Å². The molecule has 1 unspecified atom stereocenters. The van der Waals surface area contributed by atoms with Crippen LogP contribution in [0.5, 0.6) is 5.75 Å². The normalized spacial score (nSPS) is 20.5. The molecule has 2 saturated heterocycles. The van der Waals surface area contributed by atoms with Crippen molar-refractivity contribution in [1.29, 1.82) is 0 Å². The third-order valence-corrected chi connectivity index (χ3v) is 7.16. The Balaban J connectivity index is 1.73. The van der Waals surface area contributed by atoms with Gasteiger partial charge >= 0.3 is 0 Å². The van der Waals surface area contributed by atoms with Crippen LogP contribution in [-0.4, -0.2) is 63.1 Å². The second kappa shape index (κ2) is 11.0. The minimum Gasteiger partial charge on any atom is -0.872 e. The van der Waals surface area contributed by atoms with Crippen molar-refractivity contribution in [2.45, 2.75) is 19.4 Å². The summed E-state index contributed by atoms with van der Waals surface area (Å²) in [7, 11) is 1.54. The number of morpholine rings is 1. The standard InChI is InChI=1S/C26H28Cl2N2O5/c1-16-14-18(34-2)5-7-19(16)24(31)22-23(20-6-4-17(27)15-21(20)28)30(26(33)25(22)32)9-3-8-29-10-12-35-13-11-29/h4-7,14-15,23,31H,3,8-13H2,1-2H3/b24-22+. The highest BCUT2D eigenvalue weighted by Crippen LogP contribution is 2.42. The number of likely N-dealkylation sites (tertiary alicyclic amines) is 1. The number of nitrogens with one attached hydrogen (secondary N) is 1. The number of Topliss-reactive ketones (excluding diaryl/α,β-unsaturated/α-hetero) is 1. The van der Waals surface area contributed by atoms with E-state index >= 15 is 0 Å². The van der Waals surface area contributed by atoms with Gasteiger partial charge in [-0.15, -0.1) is 0 Å². The van der Waals surface area contributed by atoms with Crippen molar-refractivity contribution in [2.75, 3.05) is 46.5 Å². The van der Waals surface area contributed by atoms with Gasteiger partial charge in [-0.3, -0.25) is 9.59 Å². The number of methoxy groups -OCH3 is 1. The summed E-state index contributed by atoms with van der Waals surface area (Å²) >= 11 is 12.6. The first-order valence-corrected chi connectivity index (χ1v) is 12.3. The largest absolute Gasteiger partial charge is 0.872 e. The van der Waals surface area contributed by atoms with Gasteiger partial charge in [-0.05, 0) is 47.9 Å². The fraction of sp³-hybridized carbons (Fsp3) is 0.385. The number of ether oxygens (including phenoxy) is 2. The molecule has 2 aliphatic heterocycles. The smallest absolute Gasteiger partial charge is 0.295 e. The Morgan fingerprint density at radius 3 is 2.57 bits per heavy atom. The number of aryl methyl sites for hydroxylation is 1. The number of rotatable bonds is 7. The maximum absolute atomic E-state index is 13.7. The zero-order chi connectivity index (χ0) is 25.1. The van der Waals surface area contributed by atoms with Crippen LogP contribution in [0.4, 0.5) is 0 Å². The summed E-state index contributed by atoms with van der Waals surface area (Å²) in [5.74, 6) is -1.37. The summed E-state index contributed by atoms with van der Waals surface area (Å²) in [6.45, 7) is 6.18. The number of quaternary nitrogens is 1. The van der Waals surface area contributed by atoms with E-state index in [9.17, 15) is 14.7 Å². The van der Waals surface area contributed by atoms with Crippen LogP contribution >= 0.6 is 23.2 Å². The van der Waals surface area contributed by atoms with Gasteiger partial charge in [0.05, 0.1) is 32.9 Å². The second-order valence-electron chi connectivity index (χ2n) is 8.79. The molecule has 9 heteroatoms. The maximum Gasteiger partial charge on any atom is 0.295 e. The molecule has 0 aliphatic carbocycles. The summed E-state index contributed by atoms with van der Waals surface area (Å²) in [6.07, 6.45) is 0.680. The highest BCUT2D eigenvalue weighted by atomic mass is 35.5. The van der Waals surface area contributed by atoms with Gasteiger partial charge in [0.15, 0.2) is 0 Å². The fourth-order valence-corrected chi connectivity index (χ4v) is 5.23. The molecule has 186 valence electrons. The van der Waals surface area contributed by atoms with Gasteiger partial charge in [0, 0.05) is 28.6 Å². The molecule has 0 spiro atoms. The average Bonchev–Trinajstić information content (AvgIpc) is 3.09. The quantitative estimate of drug-likeness (QED) is 0.343. The molecule has 2 aliphatic rings. The van der Waals surface area contributed by atoms with Gasteiger partial charge in [0.1, 0.15) is 18.8 Å². The monoisotopic (exact) mass is 518 g/mol. The zero-order valence-corrected chi connectivity index (χ0v) is 21.2. The molecular weight excluding hydrogens is 491 g/mol.